The molecule has 0 radical (unpaired) electrons. The van der Waals surface area contributed by atoms with E-state index in [2.05, 4.69) is 0 Å². The molecule has 0 aliphatic carbocycles. The molecule has 0 rings (SSSR count). The van der Waals surface area contributed by atoms with E-state index in [-0.39, 0.29) is 0 Å². The topological polar surface area (TPSA) is 44.0 Å². The minimum Gasteiger partial charge on any atom is -0.396 e. The van der Waals surface area contributed by atoms with Crippen LogP contribution in [-0.2, 0) is 0 Å². The molecule has 0 amide bonds. The van der Waals surface area contributed by atoms with E-state index in [0.717, 1.165) is 25.0 Å². The van der Waals surface area contributed by atoms with Crippen LogP contribution in [0.4, 0.5) is 0 Å². The Morgan fingerprint density at radius 3 is 2.36 bits per heavy atom. The number of aliphatic hydroxyl groups excluding tert-OH is 1. The molecular formula is C8H15NOS. The van der Waals surface area contributed by atoms with Crippen molar-refractivity contribution >= 4 is 11.8 Å². The molecule has 0 heterocycles. The first-order chi connectivity index (χ1) is 5.41. The maximum absolute atomic E-state index is 8.46. The zero-order valence-corrected chi connectivity index (χ0v) is 7.57. The molecule has 0 unspecified atom stereocenters. The number of hydrogen-bond acceptors (Lipinski definition) is 3. The van der Waals surface area contributed by atoms with Gasteiger partial charge in [0.1, 0.15) is 5.40 Å². The van der Waals surface area contributed by atoms with Gasteiger partial charge < -0.3 is 5.11 Å². The lowest BCUT2D eigenvalue weighted by atomic mass is 10.2. The van der Waals surface area contributed by atoms with Crippen LogP contribution in [0.1, 0.15) is 32.1 Å². The molecule has 0 spiro atoms. The molecule has 2 nitrogen and oxygen atoms in total. The van der Waals surface area contributed by atoms with Crippen molar-refractivity contribution < 1.29 is 5.11 Å². The first kappa shape index (κ1) is 10.8. The summed E-state index contributed by atoms with van der Waals surface area (Å²) in [4.78, 5) is 0. The van der Waals surface area contributed by atoms with Gasteiger partial charge in [0.25, 0.3) is 0 Å². The number of aliphatic hydroxyl groups is 1. The van der Waals surface area contributed by atoms with Crippen molar-refractivity contribution in [2.24, 2.45) is 0 Å². The summed E-state index contributed by atoms with van der Waals surface area (Å²) < 4.78 is 0. The number of rotatable bonds is 7. The zero-order chi connectivity index (χ0) is 8.36. The Labute approximate surface area is 72.6 Å². The van der Waals surface area contributed by atoms with E-state index < -0.39 is 0 Å². The molecule has 0 aliphatic rings. The van der Waals surface area contributed by atoms with Crippen LogP contribution in [0.5, 0.6) is 0 Å². The molecule has 0 bridgehead atoms. The molecule has 0 aromatic rings. The number of thiocyanates is 1. The van der Waals surface area contributed by atoms with Crippen molar-refractivity contribution in [3.05, 3.63) is 0 Å². The summed E-state index contributed by atoms with van der Waals surface area (Å²) in [6.07, 6.45) is 5.55. The van der Waals surface area contributed by atoms with Crippen molar-refractivity contribution in [3.63, 3.8) is 0 Å². The number of unbranched alkanes of at least 4 members (excludes halogenated alkanes) is 4. The second-order valence-corrected chi connectivity index (χ2v) is 3.31. The van der Waals surface area contributed by atoms with Gasteiger partial charge in [0.15, 0.2) is 0 Å². The molecule has 0 saturated carbocycles. The highest BCUT2D eigenvalue weighted by Gasteiger charge is 1.89. The van der Waals surface area contributed by atoms with E-state index >= 15 is 0 Å². The van der Waals surface area contributed by atoms with Crippen molar-refractivity contribution in [1.82, 2.24) is 0 Å². The lowest BCUT2D eigenvalue weighted by Gasteiger charge is -1.96. The average Bonchev–Trinajstić information content (AvgIpc) is 2.03. The molecule has 11 heavy (non-hydrogen) atoms. The van der Waals surface area contributed by atoms with Crippen LogP contribution in [0.2, 0.25) is 0 Å². The normalized spacial score (nSPS) is 9.45. The monoisotopic (exact) mass is 173 g/mol. The third kappa shape index (κ3) is 9.80. The predicted molar refractivity (Wildman–Crippen MR) is 48.2 cm³/mol. The maximum Gasteiger partial charge on any atom is 0.133 e. The summed E-state index contributed by atoms with van der Waals surface area (Å²) in [6, 6.07) is 0. The fraction of sp³-hybridized carbons (Fsp3) is 0.875. The van der Waals surface area contributed by atoms with Crippen molar-refractivity contribution in [3.8, 4) is 5.40 Å². The molecular weight excluding hydrogens is 158 g/mol. The Morgan fingerprint density at radius 1 is 1.09 bits per heavy atom. The molecule has 64 valence electrons. The molecule has 0 aromatic heterocycles. The summed E-state index contributed by atoms with van der Waals surface area (Å²) in [6.45, 7) is 0.312. The zero-order valence-electron chi connectivity index (χ0n) is 6.75. The van der Waals surface area contributed by atoms with Crippen LogP contribution in [0.25, 0.3) is 0 Å². The number of nitrogens with zero attached hydrogens (tertiary/aromatic N) is 1. The van der Waals surface area contributed by atoms with Gasteiger partial charge in [-0.05, 0) is 24.6 Å². The Balaban J connectivity index is 2.75. The van der Waals surface area contributed by atoms with E-state index in [1.807, 2.05) is 5.40 Å². The molecule has 1 N–H and O–H groups in total. The first-order valence-corrected chi connectivity index (χ1v) is 5.02. The summed E-state index contributed by atoms with van der Waals surface area (Å²) >= 11 is 1.33. The Hall–Kier alpha value is -0.200. The highest BCUT2D eigenvalue weighted by Crippen LogP contribution is 2.06. The molecule has 0 aromatic carbocycles. The van der Waals surface area contributed by atoms with Gasteiger partial charge >= 0.3 is 0 Å². The van der Waals surface area contributed by atoms with Crippen molar-refractivity contribution in [1.29, 1.82) is 5.26 Å². The Kier molecular flexibility index (Phi) is 9.62. The van der Waals surface area contributed by atoms with Crippen LogP contribution in [-0.4, -0.2) is 17.5 Å². The van der Waals surface area contributed by atoms with Gasteiger partial charge in [0.2, 0.25) is 0 Å². The minimum absolute atomic E-state index is 0.312. The van der Waals surface area contributed by atoms with E-state index in [0.29, 0.717) is 6.61 Å². The number of hydrogen-bond donors (Lipinski definition) is 1. The molecule has 0 aliphatic heterocycles. The van der Waals surface area contributed by atoms with E-state index in [1.165, 1.54) is 24.6 Å². The third-order valence-corrected chi connectivity index (χ3v) is 2.09. The Bertz CT molecular complexity index is 111. The molecule has 0 fully saturated rings. The van der Waals surface area contributed by atoms with Crippen LogP contribution in [0.15, 0.2) is 0 Å². The lowest BCUT2D eigenvalue weighted by molar-refractivity contribution is 0.282. The second-order valence-electron chi connectivity index (χ2n) is 2.43. The lowest BCUT2D eigenvalue weighted by Crippen LogP contribution is -1.84. The largest absolute Gasteiger partial charge is 0.396 e. The van der Waals surface area contributed by atoms with Crippen LogP contribution in [0.3, 0.4) is 0 Å². The van der Waals surface area contributed by atoms with Gasteiger partial charge in [0.05, 0.1) is 0 Å². The van der Waals surface area contributed by atoms with E-state index in [4.69, 9.17) is 10.4 Å². The maximum atomic E-state index is 8.46. The number of thioether (sulfide) groups is 1. The summed E-state index contributed by atoms with van der Waals surface area (Å²) in [5, 5.41) is 18.7. The fourth-order valence-electron chi connectivity index (χ4n) is 0.862. The van der Waals surface area contributed by atoms with E-state index in [1.54, 1.807) is 0 Å². The quantitative estimate of drug-likeness (QED) is 0.474. The van der Waals surface area contributed by atoms with Gasteiger partial charge in [-0.3, -0.25) is 0 Å². The summed E-state index contributed by atoms with van der Waals surface area (Å²) in [7, 11) is 0. The third-order valence-electron chi connectivity index (χ3n) is 1.47. The summed E-state index contributed by atoms with van der Waals surface area (Å²) in [5.74, 6) is 0.954. The highest BCUT2D eigenvalue weighted by molar-refractivity contribution is 8.03. The van der Waals surface area contributed by atoms with Crippen LogP contribution in [0, 0.1) is 10.7 Å². The second kappa shape index (κ2) is 9.80. The average molecular weight is 173 g/mol. The van der Waals surface area contributed by atoms with Gasteiger partial charge in [-0.25, -0.2) is 0 Å². The molecule has 0 atom stereocenters. The van der Waals surface area contributed by atoms with Gasteiger partial charge in [0, 0.05) is 12.4 Å². The van der Waals surface area contributed by atoms with E-state index in [9.17, 15) is 0 Å². The minimum atomic E-state index is 0.312. The SMILES string of the molecule is N#CSCCCCCCCO. The summed E-state index contributed by atoms with van der Waals surface area (Å²) in [5.41, 5.74) is 0. The van der Waals surface area contributed by atoms with Gasteiger partial charge in [-0.1, -0.05) is 19.3 Å². The van der Waals surface area contributed by atoms with Crippen LogP contribution >= 0.6 is 11.8 Å². The smallest absolute Gasteiger partial charge is 0.133 e. The Morgan fingerprint density at radius 2 is 1.73 bits per heavy atom. The number of nitriles is 1. The van der Waals surface area contributed by atoms with Gasteiger partial charge in [-0.15, -0.1) is 0 Å². The fourth-order valence-corrected chi connectivity index (χ4v) is 1.30. The molecule has 3 heteroatoms. The molecule has 0 saturated heterocycles. The van der Waals surface area contributed by atoms with Crippen molar-refractivity contribution in [2.75, 3.05) is 12.4 Å². The van der Waals surface area contributed by atoms with Crippen molar-refractivity contribution in [2.45, 2.75) is 32.1 Å². The van der Waals surface area contributed by atoms with Gasteiger partial charge in [-0.2, -0.15) is 5.26 Å². The highest BCUT2D eigenvalue weighted by atomic mass is 32.2. The standard InChI is InChI=1S/C8H15NOS/c9-8-11-7-5-3-1-2-4-6-10/h10H,1-7H2. The van der Waals surface area contributed by atoms with Crippen LogP contribution < -0.4 is 0 Å². The first-order valence-electron chi connectivity index (χ1n) is 4.03. The predicted octanol–water partition coefficient (Wildman–Crippen LogP) is 2.14.